The Morgan fingerprint density at radius 2 is 1.79 bits per heavy atom. The second-order valence-corrected chi connectivity index (χ2v) is 6.53. The molecule has 1 unspecified atom stereocenters. The molecule has 0 heterocycles. The number of hydrogen-bond acceptors (Lipinski definition) is 2. The summed E-state index contributed by atoms with van der Waals surface area (Å²) in [6, 6.07) is 10.2. The second-order valence-electron chi connectivity index (χ2n) is 3.89. The van der Waals surface area contributed by atoms with Crippen LogP contribution in [0.3, 0.4) is 0 Å². The summed E-state index contributed by atoms with van der Waals surface area (Å²) in [5, 5.41) is 1.27. The van der Waals surface area contributed by atoms with Crippen molar-refractivity contribution >= 4 is 51.3 Å². The third kappa shape index (κ3) is 3.42. The van der Waals surface area contributed by atoms with Gasteiger partial charge in [-0.05, 0) is 29.8 Å². The lowest BCUT2D eigenvalue weighted by Gasteiger charge is -2.07. The number of hydrogen-bond donors (Lipinski definition) is 1. The van der Waals surface area contributed by atoms with Crippen molar-refractivity contribution in [3.63, 3.8) is 0 Å². The van der Waals surface area contributed by atoms with Crippen molar-refractivity contribution in [2.75, 3.05) is 5.73 Å². The highest BCUT2D eigenvalue weighted by Gasteiger charge is 2.11. The number of nitrogen functional groups attached to an aromatic ring is 1. The predicted octanol–water partition coefficient (Wildman–Crippen LogP) is 4.54. The van der Waals surface area contributed by atoms with Crippen LogP contribution in [0.15, 0.2) is 41.3 Å². The van der Waals surface area contributed by atoms with Gasteiger partial charge in [0.1, 0.15) is 0 Å². The van der Waals surface area contributed by atoms with E-state index in [0.29, 0.717) is 25.7 Å². The van der Waals surface area contributed by atoms with E-state index in [2.05, 4.69) is 0 Å². The summed E-state index contributed by atoms with van der Waals surface area (Å²) in [7, 11) is -1.25. The molecular weight excluding hydrogens is 325 g/mol. The highest BCUT2D eigenvalue weighted by molar-refractivity contribution is 7.84. The van der Waals surface area contributed by atoms with Gasteiger partial charge in [0.25, 0.3) is 0 Å². The SMILES string of the molecule is Nc1ccc(S(=O)Cc2cccc(Cl)c2Cl)cc1Cl. The number of halogens is 3. The minimum absolute atomic E-state index is 0.277. The molecule has 0 spiro atoms. The molecule has 100 valence electrons. The first-order chi connectivity index (χ1) is 8.99. The minimum Gasteiger partial charge on any atom is -0.398 e. The van der Waals surface area contributed by atoms with E-state index in [0.717, 1.165) is 5.56 Å². The molecule has 2 aromatic carbocycles. The lowest BCUT2D eigenvalue weighted by atomic mass is 10.2. The minimum atomic E-state index is -1.25. The maximum atomic E-state index is 12.3. The van der Waals surface area contributed by atoms with E-state index in [4.69, 9.17) is 40.5 Å². The van der Waals surface area contributed by atoms with Crippen LogP contribution in [0.5, 0.6) is 0 Å². The average Bonchev–Trinajstić information content (AvgIpc) is 2.38. The zero-order valence-electron chi connectivity index (χ0n) is 9.70. The average molecular weight is 335 g/mol. The Morgan fingerprint density at radius 1 is 1.05 bits per heavy atom. The zero-order chi connectivity index (χ0) is 14.0. The van der Waals surface area contributed by atoms with Crippen LogP contribution in [0.4, 0.5) is 5.69 Å². The molecular formula is C13H10Cl3NOS. The molecule has 0 saturated heterocycles. The molecule has 19 heavy (non-hydrogen) atoms. The first kappa shape index (κ1) is 14.7. The Morgan fingerprint density at radius 3 is 2.47 bits per heavy atom. The number of rotatable bonds is 3. The molecule has 1 atom stereocenters. The summed E-state index contributed by atoms with van der Waals surface area (Å²) in [6.45, 7) is 0. The largest absolute Gasteiger partial charge is 0.398 e. The number of anilines is 1. The van der Waals surface area contributed by atoms with E-state index in [-0.39, 0.29) is 5.75 Å². The van der Waals surface area contributed by atoms with Crippen LogP contribution < -0.4 is 5.73 Å². The van der Waals surface area contributed by atoms with Crippen molar-refractivity contribution in [3.8, 4) is 0 Å². The second kappa shape index (κ2) is 6.14. The number of benzene rings is 2. The van der Waals surface area contributed by atoms with Crippen molar-refractivity contribution in [2.24, 2.45) is 0 Å². The third-order valence-electron chi connectivity index (χ3n) is 2.55. The monoisotopic (exact) mass is 333 g/mol. The number of nitrogens with two attached hydrogens (primary N) is 1. The van der Waals surface area contributed by atoms with Crippen LogP contribution in [-0.2, 0) is 16.6 Å². The summed E-state index contributed by atoms with van der Waals surface area (Å²) in [5.74, 6) is 0.277. The van der Waals surface area contributed by atoms with Gasteiger partial charge in [-0.1, -0.05) is 46.9 Å². The molecule has 2 N–H and O–H groups in total. The van der Waals surface area contributed by atoms with Gasteiger partial charge in [0, 0.05) is 4.90 Å². The summed E-state index contributed by atoms with van der Waals surface area (Å²) < 4.78 is 12.3. The van der Waals surface area contributed by atoms with E-state index >= 15 is 0 Å². The highest BCUT2D eigenvalue weighted by Crippen LogP contribution is 2.28. The van der Waals surface area contributed by atoms with Gasteiger partial charge in [0.15, 0.2) is 0 Å². The first-order valence-corrected chi connectivity index (χ1v) is 7.80. The molecule has 6 heteroatoms. The maximum absolute atomic E-state index is 12.3. The molecule has 2 nitrogen and oxygen atoms in total. The quantitative estimate of drug-likeness (QED) is 0.838. The molecule has 0 fully saturated rings. The van der Waals surface area contributed by atoms with Gasteiger partial charge >= 0.3 is 0 Å². The summed E-state index contributed by atoms with van der Waals surface area (Å²) in [6.07, 6.45) is 0. The van der Waals surface area contributed by atoms with Gasteiger partial charge in [0.2, 0.25) is 0 Å². The smallest absolute Gasteiger partial charge is 0.0647 e. The predicted molar refractivity (Wildman–Crippen MR) is 82.4 cm³/mol. The molecule has 0 radical (unpaired) electrons. The van der Waals surface area contributed by atoms with E-state index in [9.17, 15) is 4.21 Å². The molecule has 0 aromatic heterocycles. The Labute approximate surface area is 128 Å². The van der Waals surface area contributed by atoms with Gasteiger partial charge < -0.3 is 5.73 Å². The zero-order valence-corrected chi connectivity index (χ0v) is 12.8. The van der Waals surface area contributed by atoms with Crippen molar-refractivity contribution in [3.05, 3.63) is 57.0 Å². The first-order valence-electron chi connectivity index (χ1n) is 5.35. The lowest BCUT2D eigenvalue weighted by Crippen LogP contribution is -1.98. The molecule has 0 bridgehead atoms. The Balaban J connectivity index is 2.26. The molecule has 2 rings (SSSR count). The third-order valence-corrected chi connectivity index (χ3v) is 5.09. The van der Waals surface area contributed by atoms with Gasteiger partial charge in [-0.15, -0.1) is 0 Å². The molecule has 0 aliphatic heterocycles. The van der Waals surface area contributed by atoms with E-state index < -0.39 is 10.8 Å². The molecule has 0 saturated carbocycles. The highest BCUT2D eigenvalue weighted by atomic mass is 35.5. The van der Waals surface area contributed by atoms with Crippen molar-refractivity contribution in [2.45, 2.75) is 10.6 Å². The van der Waals surface area contributed by atoms with Gasteiger partial charge in [-0.3, -0.25) is 4.21 Å². The van der Waals surface area contributed by atoms with E-state index in [1.807, 2.05) is 0 Å². The summed E-state index contributed by atoms with van der Waals surface area (Å²) >= 11 is 17.9. The molecule has 0 aliphatic carbocycles. The van der Waals surface area contributed by atoms with Crippen LogP contribution >= 0.6 is 34.8 Å². The fourth-order valence-electron chi connectivity index (χ4n) is 1.53. The van der Waals surface area contributed by atoms with Crippen molar-refractivity contribution in [1.82, 2.24) is 0 Å². The summed E-state index contributed by atoms with van der Waals surface area (Å²) in [4.78, 5) is 0.607. The van der Waals surface area contributed by atoms with Gasteiger partial charge in [-0.2, -0.15) is 0 Å². The van der Waals surface area contributed by atoms with Crippen LogP contribution in [0, 0.1) is 0 Å². The van der Waals surface area contributed by atoms with E-state index in [1.165, 1.54) is 0 Å². The fraction of sp³-hybridized carbons (Fsp3) is 0.0769. The van der Waals surface area contributed by atoms with Crippen LogP contribution in [-0.4, -0.2) is 4.21 Å². The standard InChI is InChI=1S/C13H10Cl3NOS/c14-10-3-1-2-8(13(10)16)7-19(18)9-4-5-12(17)11(15)6-9/h1-6H,7,17H2. The Bertz CT molecular complexity index is 646. The lowest BCUT2D eigenvalue weighted by molar-refractivity contribution is 0.682. The van der Waals surface area contributed by atoms with E-state index in [1.54, 1.807) is 36.4 Å². The fourth-order valence-corrected chi connectivity index (χ4v) is 3.40. The topological polar surface area (TPSA) is 43.1 Å². The van der Waals surface area contributed by atoms with Crippen LogP contribution in [0.1, 0.15) is 5.56 Å². The van der Waals surface area contributed by atoms with Crippen LogP contribution in [0.25, 0.3) is 0 Å². The summed E-state index contributed by atoms with van der Waals surface area (Å²) in [5.41, 5.74) is 6.81. The Hall–Kier alpha value is -0.740. The molecule has 2 aromatic rings. The normalized spacial score (nSPS) is 12.4. The Kier molecular flexibility index (Phi) is 4.74. The van der Waals surface area contributed by atoms with Crippen LogP contribution in [0.2, 0.25) is 15.1 Å². The van der Waals surface area contributed by atoms with Gasteiger partial charge in [0.05, 0.1) is 37.3 Å². The van der Waals surface area contributed by atoms with Crippen molar-refractivity contribution < 1.29 is 4.21 Å². The molecule has 0 amide bonds. The van der Waals surface area contributed by atoms with Gasteiger partial charge in [-0.25, -0.2) is 0 Å². The van der Waals surface area contributed by atoms with Crippen molar-refractivity contribution in [1.29, 1.82) is 0 Å². The maximum Gasteiger partial charge on any atom is 0.0647 e. The molecule has 0 aliphatic rings.